The number of nitrogens with zero attached hydrogens (tertiary/aromatic N) is 2. The summed E-state index contributed by atoms with van der Waals surface area (Å²) >= 11 is 2.31. The normalized spacial score (nSPS) is 19.8. The highest BCUT2D eigenvalue weighted by molar-refractivity contribution is 14.1. The molecule has 100 valence electrons. The van der Waals surface area contributed by atoms with Crippen LogP contribution in [0.1, 0.15) is 57.0 Å². The van der Waals surface area contributed by atoms with Crippen molar-refractivity contribution in [2.24, 2.45) is 5.41 Å². The molecule has 0 amide bonds. The molecule has 0 aliphatic heterocycles. The highest BCUT2D eigenvalue weighted by Crippen LogP contribution is 2.41. The molecule has 0 saturated heterocycles. The average molecular weight is 359 g/mol. The molecule has 1 aromatic heterocycles. The Labute approximate surface area is 123 Å². The summed E-state index contributed by atoms with van der Waals surface area (Å²) in [5.74, 6) is 2.55. The minimum absolute atomic E-state index is 0.501. The molecule has 0 bridgehead atoms. The Kier molecular flexibility index (Phi) is 4.14. The van der Waals surface area contributed by atoms with Gasteiger partial charge >= 0.3 is 0 Å². The van der Waals surface area contributed by atoms with E-state index in [1.807, 2.05) is 7.05 Å². The van der Waals surface area contributed by atoms with Crippen LogP contribution in [0, 0.1) is 15.9 Å². The van der Waals surface area contributed by atoms with Gasteiger partial charge in [-0.1, -0.05) is 13.8 Å². The third-order valence-electron chi connectivity index (χ3n) is 3.98. The average Bonchev–Trinajstić information content (AvgIpc) is 2.32. The van der Waals surface area contributed by atoms with Crippen molar-refractivity contribution in [1.29, 1.82) is 0 Å². The summed E-state index contributed by atoms with van der Waals surface area (Å²) in [7, 11) is 1.93. The smallest absolute Gasteiger partial charge is 0.143 e. The maximum Gasteiger partial charge on any atom is 0.143 e. The molecule has 0 atom stereocenters. The van der Waals surface area contributed by atoms with Crippen LogP contribution in [0.3, 0.4) is 0 Å². The maximum absolute atomic E-state index is 4.69. The Morgan fingerprint density at radius 3 is 2.39 bits per heavy atom. The summed E-state index contributed by atoms with van der Waals surface area (Å²) in [6.07, 6.45) is 4.99. The van der Waals surface area contributed by atoms with Gasteiger partial charge in [0.25, 0.3) is 0 Å². The number of halogens is 1. The van der Waals surface area contributed by atoms with Gasteiger partial charge in [0.05, 0.1) is 9.26 Å². The second kappa shape index (κ2) is 5.31. The molecular formula is C14H22IN3. The second-order valence-electron chi connectivity index (χ2n) is 6.02. The topological polar surface area (TPSA) is 37.8 Å². The van der Waals surface area contributed by atoms with Gasteiger partial charge in [0.2, 0.25) is 0 Å². The van der Waals surface area contributed by atoms with Crippen molar-refractivity contribution < 1.29 is 0 Å². The van der Waals surface area contributed by atoms with E-state index in [1.165, 1.54) is 25.7 Å². The minimum atomic E-state index is 0.501. The molecule has 1 N–H and O–H groups in total. The van der Waals surface area contributed by atoms with Crippen LogP contribution in [0.5, 0.6) is 0 Å². The molecule has 1 aromatic rings. The predicted molar refractivity (Wildman–Crippen MR) is 84.0 cm³/mol. The predicted octanol–water partition coefficient (Wildman–Crippen LogP) is 4.12. The summed E-state index contributed by atoms with van der Waals surface area (Å²) < 4.78 is 1.13. The third-order valence-corrected chi connectivity index (χ3v) is 5.27. The van der Waals surface area contributed by atoms with Gasteiger partial charge < -0.3 is 5.32 Å². The summed E-state index contributed by atoms with van der Waals surface area (Å²) in [6.45, 7) is 6.80. The Morgan fingerprint density at radius 1 is 1.22 bits per heavy atom. The molecule has 4 heteroatoms. The van der Waals surface area contributed by atoms with E-state index in [1.54, 1.807) is 0 Å². The van der Waals surface area contributed by atoms with Crippen molar-refractivity contribution in [2.75, 3.05) is 12.4 Å². The van der Waals surface area contributed by atoms with Crippen LogP contribution in [0.4, 0.5) is 5.82 Å². The maximum atomic E-state index is 4.69. The second-order valence-corrected chi connectivity index (χ2v) is 7.10. The van der Waals surface area contributed by atoms with Gasteiger partial charge in [0, 0.05) is 13.0 Å². The Bertz CT molecular complexity index is 433. The third kappa shape index (κ3) is 2.95. The first-order valence-electron chi connectivity index (χ1n) is 6.65. The molecule has 1 saturated carbocycles. The fourth-order valence-electron chi connectivity index (χ4n) is 2.59. The number of anilines is 1. The van der Waals surface area contributed by atoms with E-state index in [9.17, 15) is 0 Å². The van der Waals surface area contributed by atoms with Gasteiger partial charge in [-0.2, -0.15) is 0 Å². The zero-order valence-electron chi connectivity index (χ0n) is 11.7. The van der Waals surface area contributed by atoms with Crippen LogP contribution in [0.25, 0.3) is 0 Å². The van der Waals surface area contributed by atoms with Crippen molar-refractivity contribution in [3.05, 3.63) is 15.1 Å². The fourth-order valence-corrected chi connectivity index (χ4v) is 3.10. The molecular weight excluding hydrogens is 337 g/mol. The van der Waals surface area contributed by atoms with Crippen LogP contribution in [-0.4, -0.2) is 17.0 Å². The van der Waals surface area contributed by atoms with Gasteiger partial charge in [-0.25, -0.2) is 9.97 Å². The van der Waals surface area contributed by atoms with E-state index in [0.717, 1.165) is 20.9 Å². The van der Waals surface area contributed by atoms with Crippen molar-refractivity contribution in [3.8, 4) is 0 Å². The zero-order chi connectivity index (χ0) is 13.3. The van der Waals surface area contributed by atoms with Crippen LogP contribution in [-0.2, 0) is 0 Å². The lowest BCUT2D eigenvalue weighted by atomic mass is 9.73. The summed E-state index contributed by atoms with van der Waals surface area (Å²) in [5.41, 5.74) is 1.59. The van der Waals surface area contributed by atoms with E-state index < -0.39 is 0 Å². The largest absolute Gasteiger partial charge is 0.372 e. The summed E-state index contributed by atoms with van der Waals surface area (Å²) in [5, 5.41) is 3.17. The quantitative estimate of drug-likeness (QED) is 0.808. The number of hydrogen-bond donors (Lipinski definition) is 1. The summed E-state index contributed by atoms with van der Waals surface area (Å²) in [6, 6.07) is 0. The van der Waals surface area contributed by atoms with Gasteiger partial charge in [-0.15, -0.1) is 0 Å². The molecule has 0 radical (unpaired) electrons. The van der Waals surface area contributed by atoms with Crippen LogP contribution < -0.4 is 5.32 Å². The first-order valence-corrected chi connectivity index (χ1v) is 7.72. The monoisotopic (exact) mass is 359 g/mol. The standard InChI is InChI=1S/C14H22IN3/c1-9-11(15)13(16-4)18-12(17-9)10-5-7-14(2,3)8-6-10/h10H,5-8H2,1-4H3,(H,16,17,18). The highest BCUT2D eigenvalue weighted by Gasteiger charge is 2.29. The van der Waals surface area contributed by atoms with Crippen LogP contribution in [0.15, 0.2) is 0 Å². The van der Waals surface area contributed by atoms with Crippen molar-refractivity contribution >= 4 is 28.4 Å². The number of hydrogen-bond acceptors (Lipinski definition) is 3. The molecule has 1 aliphatic rings. The van der Waals surface area contributed by atoms with E-state index >= 15 is 0 Å². The summed E-state index contributed by atoms with van der Waals surface area (Å²) in [4.78, 5) is 9.39. The van der Waals surface area contributed by atoms with Crippen LogP contribution in [0.2, 0.25) is 0 Å². The van der Waals surface area contributed by atoms with Crippen molar-refractivity contribution in [1.82, 2.24) is 9.97 Å². The Morgan fingerprint density at radius 2 is 1.83 bits per heavy atom. The SMILES string of the molecule is CNc1nc(C2CCC(C)(C)CC2)nc(C)c1I. The lowest BCUT2D eigenvalue weighted by Gasteiger charge is -2.33. The van der Waals surface area contributed by atoms with E-state index in [4.69, 9.17) is 9.97 Å². The van der Waals surface area contributed by atoms with Crippen molar-refractivity contribution in [2.45, 2.75) is 52.4 Å². The van der Waals surface area contributed by atoms with Gasteiger partial charge in [-0.3, -0.25) is 0 Å². The van der Waals surface area contributed by atoms with Crippen molar-refractivity contribution in [3.63, 3.8) is 0 Å². The fraction of sp³-hybridized carbons (Fsp3) is 0.714. The van der Waals surface area contributed by atoms with Gasteiger partial charge in [0.15, 0.2) is 0 Å². The number of aromatic nitrogens is 2. The van der Waals surface area contributed by atoms with E-state index in [2.05, 4.69) is 48.7 Å². The molecule has 0 aromatic carbocycles. The molecule has 1 heterocycles. The highest BCUT2D eigenvalue weighted by atomic mass is 127. The van der Waals surface area contributed by atoms with E-state index in [-0.39, 0.29) is 0 Å². The number of aryl methyl sites for hydroxylation is 1. The molecule has 2 rings (SSSR count). The van der Waals surface area contributed by atoms with Crippen LogP contribution >= 0.6 is 22.6 Å². The molecule has 1 aliphatic carbocycles. The molecule has 1 fully saturated rings. The molecule has 3 nitrogen and oxygen atoms in total. The van der Waals surface area contributed by atoms with Gasteiger partial charge in [0.1, 0.15) is 11.6 Å². The number of rotatable bonds is 2. The lowest BCUT2D eigenvalue weighted by Crippen LogP contribution is -2.22. The Balaban J connectivity index is 2.22. The molecule has 0 unspecified atom stereocenters. The van der Waals surface area contributed by atoms with Gasteiger partial charge in [-0.05, 0) is 60.6 Å². The first-order chi connectivity index (χ1) is 8.43. The zero-order valence-corrected chi connectivity index (χ0v) is 13.8. The minimum Gasteiger partial charge on any atom is -0.372 e. The first kappa shape index (κ1) is 14.0. The molecule has 18 heavy (non-hydrogen) atoms. The van der Waals surface area contributed by atoms with E-state index in [0.29, 0.717) is 11.3 Å². The Hall–Kier alpha value is -0.390. The lowest BCUT2D eigenvalue weighted by molar-refractivity contribution is 0.220. The number of nitrogens with one attached hydrogen (secondary N) is 1. The molecule has 0 spiro atoms.